The van der Waals surface area contributed by atoms with Crippen LogP contribution in [0, 0.1) is 12.7 Å². The Morgan fingerprint density at radius 3 is 2.86 bits per heavy atom. The predicted molar refractivity (Wildman–Crippen MR) is 102 cm³/mol. The van der Waals surface area contributed by atoms with Gasteiger partial charge in [0.15, 0.2) is 5.82 Å². The van der Waals surface area contributed by atoms with Gasteiger partial charge < -0.3 is 20.9 Å². The molecule has 0 saturated carbocycles. The smallest absolute Gasteiger partial charge is 0.381 e. The van der Waals surface area contributed by atoms with Gasteiger partial charge in [-0.25, -0.2) is 14.4 Å². The number of nitrogens with two attached hydrogens (primary N) is 1. The summed E-state index contributed by atoms with van der Waals surface area (Å²) in [5.74, 6) is -0.565. The summed E-state index contributed by atoms with van der Waals surface area (Å²) in [6.07, 6.45) is -0.846. The van der Waals surface area contributed by atoms with E-state index in [1.54, 1.807) is 0 Å². The van der Waals surface area contributed by atoms with Gasteiger partial charge in [0.25, 0.3) is 0 Å². The first-order valence-electron chi connectivity index (χ1n) is 9.10. The molecule has 1 fully saturated rings. The second-order valence-electron chi connectivity index (χ2n) is 7.44. The van der Waals surface area contributed by atoms with E-state index < -0.39 is 23.1 Å². The summed E-state index contributed by atoms with van der Waals surface area (Å²) in [6, 6.07) is 3.16. The number of anilines is 2. The zero-order chi connectivity index (χ0) is 20.8. The van der Waals surface area contributed by atoms with Crippen molar-refractivity contribution in [3.63, 3.8) is 0 Å². The normalized spacial score (nSPS) is 19.9. The summed E-state index contributed by atoms with van der Waals surface area (Å²) >= 11 is 0. The number of fused-ring (bicyclic) bond motifs is 1. The third-order valence-electron chi connectivity index (χ3n) is 5.27. The number of nitrogens with one attached hydrogen (secondary N) is 2. The maximum Gasteiger partial charge on any atom is 0.419 e. The maximum atomic E-state index is 14.2. The van der Waals surface area contributed by atoms with Gasteiger partial charge in [-0.2, -0.15) is 13.2 Å². The first-order valence-corrected chi connectivity index (χ1v) is 9.10. The van der Waals surface area contributed by atoms with Gasteiger partial charge in [0, 0.05) is 25.8 Å². The van der Waals surface area contributed by atoms with Crippen molar-refractivity contribution < 1.29 is 17.6 Å². The van der Waals surface area contributed by atoms with E-state index in [4.69, 9.17) is 5.73 Å². The van der Waals surface area contributed by atoms with Gasteiger partial charge in [0.2, 0.25) is 0 Å². The van der Waals surface area contributed by atoms with Crippen LogP contribution in [0.1, 0.15) is 17.5 Å². The van der Waals surface area contributed by atoms with Crippen molar-refractivity contribution >= 4 is 22.5 Å². The molecule has 6 nitrogen and oxygen atoms in total. The largest absolute Gasteiger partial charge is 0.419 e. The topological polar surface area (TPSA) is 82.9 Å². The number of alkyl halides is 3. The Labute approximate surface area is 164 Å². The molecule has 1 aliphatic heterocycles. The average molecular weight is 408 g/mol. The van der Waals surface area contributed by atoms with Crippen molar-refractivity contribution in [2.24, 2.45) is 5.73 Å². The van der Waals surface area contributed by atoms with Crippen LogP contribution in [-0.2, 0) is 6.18 Å². The lowest BCUT2D eigenvalue weighted by Crippen LogP contribution is -2.48. The van der Waals surface area contributed by atoms with Crippen LogP contribution in [0.5, 0.6) is 0 Å². The van der Waals surface area contributed by atoms with E-state index in [-0.39, 0.29) is 12.2 Å². The SMILES string of the molecule is Cc1c[nH]c2ncnc(N3CCC(N)(CNc4cccc(C(F)(F)F)c4F)C3)c12. The molecular formula is C19H20F4N6. The number of aromatic nitrogens is 3. The third-order valence-corrected chi connectivity index (χ3v) is 5.27. The van der Waals surface area contributed by atoms with Crippen LogP contribution >= 0.6 is 0 Å². The fourth-order valence-electron chi connectivity index (χ4n) is 3.72. The van der Waals surface area contributed by atoms with Gasteiger partial charge in [-0.1, -0.05) is 6.07 Å². The van der Waals surface area contributed by atoms with E-state index in [0.717, 1.165) is 28.5 Å². The summed E-state index contributed by atoms with van der Waals surface area (Å²) in [6.45, 7) is 3.13. The fourth-order valence-corrected chi connectivity index (χ4v) is 3.72. The zero-order valence-corrected chi connectivity index (χ0v) is 15.6. The number of aryl methyl sites for hydroxylation is 1. The van der Waals surface area contributed by atoms with E-state index in [0.29, 0.717) is 19.5 Å². The standard InChI is InChI=1S/C19H20F4N6/c1-11-7-25-16-14(11)17(28-10-27-16)29-6-5-18(24,9-29)8-26-13-4-2-3-12(15(13)20)19(21,22)23/h2-4,7,10,26H,5-6,8-9,24H2,1H3,(H,25,27,28). The molecule has 1 atom stereocenters. The molecule has 3 heterocycles. The molecule has 1 aliphatic rings. The number of benzene rings is 1. The maximum absolute atomic E-state index is 14.2. The van der Waals surface area contributed by atoms with E-state index >= 15 is 0 Å². The lowest BCUT2D eigenvalue weighted by Gasteiger charge is -2.26. The number of halogens is 4. The number of aromatic amines is 1. The first-order chi connectivity index (χ1) is 13.7. The molecule has 1 unspecified atom stereocenters. The van der Waals surface area contributed by atoms with Crippen LogP contribution in [0.25, 0.3) is 11.0 Å². The van der Waals surface area contributed by atoms with Gasteiger partial charge >= 0.3 is 6.18 Å². The van der Waals surface area contributed by atoms with E-state index in [1.165, 1.54) is 18.5 Å². The van der Waals surface area contributed by atoms with Crippen LogP contribution in [0.15, 0.2) is 30.7 Å². The average Bonchev–Trinajstić information content (AvgIpc) is 3.24. The summed E-state index contributed by atoms with van der Waals surface area (Å²) in [5.41, 5.74) is 5.94. The number of hydrogen-bond donors (Lipinski definition) is 3. The summed E-state index contributed by atoms with van der Waals surface area (Å²) in [4.78, 5) is 13.7. The molecule has 2 aromatic heterocycles. The fraction of sp³-hybridized carbons (Fsp3) is 0.368. The van der Waals surface area contributed by atoms with E-state index in [9.17, 15) is 17.6 Å². The molecule has 10 heteroatoms. The van der Waals surface area contributed by atoms with Crippen molar-refractivity contribution in [3.05, 3.63) is 47.7 Å². The first kappa shape index (κ1) is 19.4. The number of hydrogen-bond acceptors (Lipinski definition) is 5. The molecule has 4 N–H and O–H groups in total. The van der Waals surface area contributed by atoms with E-state index in [1.807, 2.05) is 18.0 Å². The molecule has 0 amide bonds. The van der Waals surface area contributed by atoms with Crippen LogP contribution in [-0.4, -0.2) is 40.1 Å². The highest BCUT2D eigenvalue weighted by Crippen LogP contribution is 2.35. The van der Waals surface area contributed by atoms with Crippen molar-refractivity contribution in [1.29, 1.82) is 0 Å². The summed E-state index contributed by atoms with van der Waals surface area (Å²) < 4.78 is 53.0. The summed E-state index contributed by atoms with van der Waals surface area (Å²) in [5, 5.41) is 3.67. The number of H-pyrrole nitrogens is 1. The Morgan fingerprint density at radius 1 is 1.31 bits per heavy atom. The second-order valence-corrected chi connectivity index (χ2v) is 7.44. The molecule has 0 aliphatic carbocycles. The predicted octanol–water partition coefficient (Wildman–Crippen LogP) is 3.44. The number of nitrogens with zero attached hydrogens (tertiary/aromatic N) is 3. The highest BCUT2D eigenvalue weighted by atomic mass is 19.4. The van der Waals surface area contributed by atoms with Gasteiger partial charge in [-0.15, -0.1) is 0 Å². The molecule has 3 aromatic rings. The Balaban J connectivity index is 1.51. The Kier molecular flexibility index (Phi) is 4.60. The molecule has 0 radical (unpaired) electrons. The monoisotopic (exact) mass is 408 g/mol. The molecular weight excluding hydrogens is 388 g/mol. The van der Waals surface area contributed by atoms with Crippen molar-refractivity contribution in [3.8, 4) is 0 Å². The molecule has 154 valence electrons. The minimum Gasteiger partial charge on any atom is -0.381 e. The van der Waals surface area contributed by atoms with Crippen molar-refractivity contribution in [1.82, 2.24) is 15.0 Å². The molecule has 29 heavy (non-hydrogen) atoms. The highest BCUT2D eigenvalue weighted by Gasteiger charge is 2.37. The lowest BCUT2D eigenvalue weighted by atomic mass is 10.00. The van der Waals surface area contributed by atoms with Gasteiger partial charge in [-0.05, 0) is 31.0 Å². The highest BCUT2D eigenvalue weighted by molar-refractivity contribution is 5.90. The molecule has 0 spiro atoms. The third kappa shape index (κ3) is 3.59. The Bertz CT molecular complexity index is 1050. The quantitative estimate of drug-likeness (QED) is 0.576. The van der Waals surface area contributed by atoms with Crippen molar-refractivity contribution in [2.45, 2.75) is 25.1 Å². The minimum absolute atomic E-state index is 0.127. The van der Waals surface area contributed by atoms with Crippen LogP contribution in [0.2, 0.25) is 0 Å². The molecule has 1 saturated heterocycles. The molecule has 0 bridgehead atoms. The summed E-state index contributed by atoms with van der Waals surface area (Å²) in [7, 11) is 0. The van der Waals surface area contributed by atoms with Crippen LogP contribution in [0.3, 0.4) is 0 Å². The van der Waals surface area contributed by atoms with Crippen LogP contribution in [0.4, 0.5) is 29.1 Å². The van der Waals surface area contributed by atoms with Gasteiger partial charge in [-0.3, -0.25) is 0 Å². The van der Waals surface area contributed by atoms with Gasteiger partial charge in [0.05, 0.1) is 22.2 Å². The lowest BCUT2D eigenvalue weighted by molar-refractivity contribution is -0.139. The van der Waals surface area contributed by atoms with Crippen LogP contribution < -0.4 is 16.0 Å². The van der Waals surface area contributed by atoms with Gasteiger partial charge in [0.1, 0.15) is 17.8 Å². The second kappa shape index (κ2) is 6.87. The Morgan fingerprint density at radius 2 is 2.10 bits per heavy atom. The zero-order valence-electron chi connectivity index (χ0n) is 15.6. The molecule has 1 aromatic carbocycles. The van der Waals surface area contributed by atoms with E-state index in [2.05, 4.69) is 20.3 Å². The number of rotatable bonds is 4. The molecule has 4 rings (SSSR count). The minimum atomic E-state index is -4.75. The Hall–Kier alpha value is -2.88. The van der Waals surface area contributed by atoms with Crippen molar-refractivity contribution in [2.75, 3.05) is 29.9 Å².